The summed E-state index contributed by atoms with van der Waals surface area (Å²) in [7, 11) is 0. The molecule has 4 heteroatoms. The van der Waals surface area contributed by atoms with E-state index in [4.69, 9.17) is 4.42 Å². The van der Waals surface area contributed by atoms with Crippen molar-refractivity contribution < 1.29 is 8.81 Å². The largest absolute Gasteiger partial charge is 0.417 e. The molecule has 0 aliphatic carbocycles. The molecule has 0 N–H and O–H groups in total. The van der Waals surface area contributed by atoms with Crippen molar-refractivity contribution in [3.8, 4) is 11.5 Å². The Morgan fingerprint density at radius 1 is 0.952 bits per heavy atom. The molecule has 1 heterocycles. The first-order chi connectivity index (χ1) is 10.2. The highest BCUT2D eigenvalue weighted by molar-refractivity contribution is 5.66. The average Bonchev–Trinajstić information content (AvgIpc) is 2.96. The van der Waals surface area contributed by atoms with E-state index in [1.165, 1.54) is 12.1 Å². The van der Waals surface area contributed by atoms with Crippen molar-refractivity contribution in [2.45, 2.75) is 6.92 Å². The Morgan fingerprint density at radius 2 is 1.71 bits per heavy atom. The van der Waals surface area contributed by atoms with Crippen molar-refractivity contribution >= 4 is 12.2 Å². The molecule has 2 aromatic carbocycles. The molecule has 104 valence electrons. The molecule has 21 heavy (non-hydrogen) atoms. The average molecular weight is 280 g/mol. The van der Waals surface area contributed by atoms with Gasteiger partial charge in [-0.15, -0.1) is 10.2 Å². The third-order valence-electron chi connectivity index (χ3n) is 3.10. The molecule has 0 unspecified atom stereocenters. The summed E-state index contributed by atoms with van der Waals surface area (Å²) in [6.45, 7) is 1.99. The van der Waals surface area contributed by atoms with E-state index in [2.05, 4.69) is 10.2 Å². The maximum absolute atomic E-state index is 12.8. The Hall–Kier alpha value is -2.75. The van der Waals surface area contributed by atoms with Gasteiger partial charge in [-0.2, -0.15) is 0 Å². The van der Waals surface area contributed by atoms with Gasteiger partial charge in [0.1, 0.15) is 5.82 Å². The number of aryl methyl sites for hydroxylation is 1. The van der Waals surface area contributed by atoms with Gasteiger partial charge < -0.3 is 4.42 Å². The van der Waals surface area contributed by atoms with E-state index in [1.54, 1.807) is 24.3 Å². The molecule has 3 aromatic rings. The molecule has 0 bridgehead atoms. The van der Waals surface area contributed by atoms with Crippen LogP contribution >= 0.6 is 0 Å². The SMILES string of the molecule is Cc1ccccc1-c1nnc(/C=C/c2ccc(F)cc2)o1. The van der Waals surface area contributed by atoms with Crippen LogP contribution in [0.4, 0.5) is 4.39 Å². The van der Waals surface area contributed by atoms with E-state index in [-0.39, 0.29) is 5.82 Å². The van der Waals surface area contributed by atoms with Crippen LogP contribution < -0.4 is 0 Å². The lowest BCUT2D eigenvalue weighted by Gasteiger charge is -1.98. The lowest BCUT2D eigenvalue weighted by Crippen LogP contribution is -1.81. The summed E-state index contributed by atoms with van der Waals surface area (Å²) < 4.78 is 18.4. The second-order valence-corrected chi connectivity index (χ2v) is 4.65. The van der Waals surface area contributed by atoms with Crippen LogP contribution in [0.2, 0.25) is 0 Å². The minimum atomic E-state index is -0.258. The predicted molar refractivity (Wildman–Crippen MR) is 79.8 cm³/mol. The summed E-state index contributed by atoms with van der Waals surface area (Å²) in [4.78, 5) is 0. The van der Waals surface area contributed by atoms with Crippen molar-refractivity contribution in [3.63, 3.8) is 0 Å². The fraction of sp³-hybridized carbons (Fsp3) is 0.0588. The zero-order valence-electron chi connectivity index (χ0n) is 11.5. The quantitative estimate of drug-likeness (QED) is 0.715. The first kappa shape index (κ1) is 13.2. The van der Waals surface area contributed by atoms with Crippen molar-refractivity contribution in [3.05, 3.63) is 71.4 Å². The van der Waals surface area contributed by atoms with Gasteiger partial charge >= 0.3 is 0 Å². The molecule has 0 saturated heterocycles. The van der Waals surface area contributed by atoms with Gasteiger partial charge in [0.2, 0.25) is 11.8 Å². The van der Waals surface area contributed by atoms with Crippen LogP contribution in [0.1, 0.15) is 17.0 Å². The highest BCUT2D eigenvalue weighted by atomic mass is 19.1. The number of benzene rings is 2. The zero-order chi connectivity index (χ0) is 14.7. The van der Waals surface area contributed by atoms with E-state index >= 15 is 0 Å². The normalized spacial score (nSPS) is 11.1. The maximum atomic E-state index is 12.8. The van der Waals surface area contributed by atoms with E-state index in [0.717, 1.165) is 16.7 Å². The molecule has 3 nitrogen and oxygen atoms in total. The fourth-order valence-electron chi connectivity index (χ4n) is 1.97. The van der Waals surface area contributed by atoms with E-state index < -0.39 is 0 Å². The molecule has 0 aliphatic rings. The summed E-state index contributed by atoms with van der Waals surface area (Å²) in [6, 6.07) is 14.0. The van der Waals surface area contributed by atoms with Crippen LogP contribution in [-0.4, -0.2) is 10.2 Å². The van der Waals surface area contributed by atoms with E-state index in [9.17, 15) is 4.39 Å². The van der Waals surface area contributed by atoms with Crippen LogP contribution in [0, 0.1) is 12.7 Å². The monoisotopic (exact) mass is 280 g/mol. The Morgan fingerprint density at radius 3 is 2.48 bits per heavy atom. The zero-order valence-corrected chi connectivity index (χ0v) is 11.5. The van der Waals surface area contributed by atoms with Crippen molar-refractivity contribution in [2.24, 2.45) is 0 Å². The fourth-order valence-corrected chi connectivity index (χ4v) is 1.97. The van der Waals surface area contributed by atoms with Crippen LogP contribution in [0.25, 0.3) is 23.6 Å². The van der Waals surface area contributed by atoms with E-state index in [0.29, 0.717) is 11.8 Å². The molecular formula is C17H13FN2O. The first-order valence-electron chi connectivity index (χ1n) is 6.55. The van der Waals surface area contributed by atoms with Crippen molar-refractivity contribution in [1.82, 2.24) is 10.2 Å². The van der Waals surface area contributed by atoms with Gasteiger partial charge in [0, 0.05) is 11.6 Å². The number of halogens is 1. The highest BCUT2D eigenvalue weighted by Crippen LogP contribution is 2.22. The minimum absolute atomic E-state index is 0.258. The first-order valence-corrected chi connectivity index (χ1v) is 6.55. The standard InChI is InChI=1S/C17H13FN2O/c1-12-4-2-3-5-15(12)17-20-19-16(21-17)11-8-13-6-9-14(18)10-7-13/h2-11H,1H3/b11-8+. The summed E-state index contributed by atoms with van der Waals surface area (Å²) in [5, 5.41) is 8.03. The van der Waals surface area contributed by atoms with Gasteiger partial charge in [-0.3, -0.25) is 0 Å². The molecule has 0 aliphatic heterocycles. The van der Waals surface area contributed by atoms with Gasteiger partial charge in [0.25, 0.3) is 0 Å². The molecule has 0 amide bonds. The Kier molecular flexibility index (Phi) is 3.60. The molecule has 3 rings (SSSR count). The Bertz CT molecular complexity index is 775. The van der Waals surface area contributed by atoms with Gasteiger partial charge in [-0.25, -0.2) is 4.39 Å². The summed E-state index contributed by atoms with van der Waals surface area (Å²) in [5.41, 5.74) is 2.87. The number of nitrogens with zero attached hydrogens (tertiary/aromatic N) is 2. The lowest BCUT2D eigenvalue weighted by molar-refractivity contribution is 0.557. The third kappa shape index (κ3) is 3.05. The number of hydrogen-bond donors (Lipinski definition) is 0. The molecule has 1 aromatic heterocycles. The smallest absolute Gasteiger partial charge is 0.248 e. The number of hydrogen-bond acceptors (Lipinski definition) is 3. The Balaban J connectivity index is 1.82. The molecular weight excluding hydrogens is 267 g/mol. The second-order valence-electron chi connectivity index (χ2n) is 4.65. The molecule has 0 radical (unpaired) electrons. The molecule has 0 spiro atoms. The van der Waals surface area contributed by atoms with Crippen molar-refractivity contribution in [1.29, 1.82) is 0 Å². The summed E-state index contributed by atoms with van der Waals surface area (Å²) in [6.07, 6.45) is 3.51. The van der Waals surface area contributed by atoms with Gasteiger partial charge in [-0.1, -0.05) is 30.3 Å². The number of rotatable bonds is 3. The second kappa shape index (κ2) is 5.71. The van der Waals surface area contributed by atoms with Gasteiger partial charge in [0.15, 0.2) is 0 Å². The topological polar surface area (TPSA) is 38.9 Å². The Labute approximate surface area is 121 Å². The predicted octanol–water partition coefficient (Wildman–Crippen LogP) is 4.35. The van der Waals surface area contributed by atoms with Crippen LogP contribution in [-0.2, 0) is 0 Å². The molecule has 0 atom stereocenters. The van der Waals surface area contributed by atoms with Crippen LogP contribution in [0.5, 0.6) is 0 Å². The highest BCUT2D eigenvalue weighted by Gasteiger charge is 2.08. The minimum Gasteiger partial charge on any atom is -0.417 e. The van der Waals surface area contributed by atoms with Gasteiger partial charge in [0.05, 0.1) is 0 Å². The van der Waals surface area contributed by atoms with Crippen LogP contribution in [0.3, 0.4) is 0 Å². The van der Waals surface area contributed by atoms with Crippen LogP contribution in [0.15, 0.2) is 52.9 Å². The summed E-state index contributed by atoms with van der Waals surface area (Å²) in [5.74, 6) is 0.649. The molecule has 0 fully saturated rings. The lowest BCUT2D eigenvalue weighted by atomic mass is 10.1. The summed E-state index contributed by atoms with van der Waals surface area (Å²) >= 11 is 0. The maximum Gasteiger partial charge on any atom is 0.248 e. The molecule has 0 saturated carbocycles. The van der Waals surface area contributed by atoms with E-state index in [1.807, 2.05) is 31.2 Å². The third-order valence-corrected chi connectivity index (χ3v) is 3.10. The van der Waals surface area contributed by atoms with Crippen molar-refractivity contribution in [2.75, 3.05) is 0 Å². The number of aromatic nitrogens is 2. The van der Waals surface area contributed by atoms with Gasteiger partial charge in [-0.05, 0) is 42.3 Å².